The highest BCUT2D eigenvalue weighted by Gasteiger charge is 2.51. The normalized spacial score (nSPS) is 38.1. The van der Waals surface area contributed by atoms with Crippen LogP contribution in [0.3, 0.4) is 0 Å². The fourth-order valence-electron chi connectivity index (χ4n) is 7.07. The number of carbonyl (C=O) groups is 2. The topological polar surface area (TPSA) is 61.8 Å². The van der Waals surface area contributed by atoms with E-state index >= 15 is 0 Å². The summed E-state index contributed by atoms with van der Waals surface area (Å²) in [5.74, 6) is 2.49. The average molecular weight is 424 g/mol. The van der Waals surface area contributed by atoms with E-state index in [0.717, 1.165) is 48.0 Å². The lowest BCUT2D eigenvalue weighted by atomic mass is 9.53. The summed E-state index contributed by atoms with van der Waals surface area (Å²) in [5, 5.41) is 3.41. The first kappa shape index (κ1) is 18.9. The zero-order valence-electron chi connectivity index (χ0n) is 17.3. The largest absolute Gasteiger partial charge is 0.312 e. The van der Waals surface area contributed by atoms with E-state index in [9.17, 15) is 9.59 Å². The number of para-hydroxylation sites is 1. The van der Waals surface area contributed by atoms with Gasteiger partial charge in [0.15, 0.2) is 5.17 Å². The summed E-state index contributed by atoms with van der Waals surface area (Å²) in [7, 11) is 0. The molecule has 0 aromatic heterocycles. The molecule has 1 N–H and O–H groups in total. The Morgan fingerprint density at radius 1 is 1.13 bits per heavy atom. The number of hydrogen-bond donors (Lipinski definition) is 1. The van der Waals surface area contributed by atoms with Crippen LogP contribution >= 0.6 is 11.8 Å². The van der Waals surface area contributed by atoms with Crippen LogP contribution in [-0.4, -0.2) is 34.3 Å². The van der Waals surface area contributed by atoms with Crippen LogP contribution in [0.2, 0.25) is 0 Å². The molecule has 2 amide bonds. The van der Waals surface area contributed by atoms with Crippen LogP contribution in [0.4, 0.5) is 5.69 Å². The Morgan fingerprint density at radius 3 is 2.57 bits per heavy atom. The van der Waals surface area contributed by atoms with E-state index in [-0.39, 0.29) is 29.0 Å². The number of rotatable bonds is 3. The Hall–Kier alpha value is -1.82. The molecule has 0 spiro atoms. The minimum Gasteiger partial charge on any atom is -0.312 e. The molecule has 30 heavy (non-hydrogen) atoms. The van der Waals surface area contributed by atoms with Crippen molar-refractivity contribution in [3.05, 3.63) is 29.8 Å². The summed E-state index contributed by atoms with van der Waals surface area (Å²) in [5.41, 5.74) is 2.29. The quantitative estimate of drug-likeness (QED) is 0.802. The molecule has 1 saturated heterocycles. The summed E-state index contributed by atoms with van der Waals surface area (Å²) in [6.45, 7) is 0.739. The van der Waals surface area contributed by atoms with Gasteiger partial charge in [-0.15, -0.1) is 0 Å². The lowest BCUT2D eigenvalue weighted by Crippen LogP contribution is -2.50. The molecule has 2 aliphatic heterocycles. The molecule has 1 unspecified atom stereocenters. The smallest absolute Gasteiger partial charge is 0.240 e. The van der Waals surface area contributed by atoms with Gasteiger partial charge in [-0.05, 0) is 80.8 Å². The van der Waals surface area contributed by atoms with E-state index in [1.807, 2.05) is 23.1 Å². The molecule has 5 fully saturated rings. The second-order valence-electron chi connectivity index (χ2n) is 10.1. The van der Waals surface area contributed by atoms with Crippen molar-refractivity contribution in [2.24, 2.45) is 22.7 Å². The predicted molar refractivity (Wildman–Crippen MR) is 120 cm³/mol. The summed E-state index contributed by atoms with van der Waals surface area (Å²) in [6.07, 6.45) is 9.96. The van der Waals surface area contributed by atoms with Gasteiger partial charge in [0, 0.05) is 18.7 Å². The van der Waals surface area contributed by atoms with Gasteiger partial charge in [0.05, 0.1) is 5.54 Å². The second-order valence-corrected chi connectivity index (χ2v) is 11.3. The molecule has 1 aromatic rings. The maximum absolute atomic E-state index is 13.1. The van der Waals surface area contributed by atoms with E-state index in [1.165, 1.54) is 55.9 Å². The zero-order valence-corrected chi connectivity index (χ0v) is 18.1. The van der Waals surface area contributed by atoms with Crippen molar-refractivity contribution < 1.29 is 9.59 Å². The number of aryl methyl sites for hydroxylation is 1. The van der Waals surface area contributed by atoms with Gasteiger partial charge < -0.3 is 10.2 Å². The Morgan fingerprint density at radius 2 is 1.83 bits per heavy atom. The molecule has 1 aromatic carbocycles. The molecule has 4 saturated carbocycles. The number of benzene rings is 1. The molecule has 158 valence electrons. The van der Waals surface area contributed by atoms with Crippen LogP contribution in [0.25, 0.3) is 0 Å². The average Bonchev–Trinajstić information content (AvgIpc) is 3.04. The SMILES string of the molecule is O=C1NC(=NC23CC4CC(CC(C4)C2)C3)SC1CC(=O)N1CCCc2ccccc21. The van der Waals surface area contributed by atoms with Crippen LogP contribution in [-0.2, 0) is 16.0 Å². The summed E-state index contributed by atoms with van der Waals surface area (Å²) in [6, 6.07) is 8.13. The van der Waals surface area contributed by atoms with Crippen molar-refractivity contribution in [1.82, 2.24) is 5.32 Å². The zero-order chi connectivity index (χ0) is 20.3. The highest BCUT2D eigenvalue weighted by atomic mass is 32.2. The van der Waals surface area contributed by atoms with Gasteiger partial charge in [-0.1, -0.05) is 30.0 Å². The van der Waals surface area contributed by atoms with Gasteiger partial charge >= 0.3 is 0 Å². The Labute approximate surface area is 182 Å². The maximum Gasteiger partial charge on any atom is 0.240 e. The third-order valence-electron chi connectivity index (χ3n) is 7.89. The fraction of sp³-hybridized carbons (Fsp3) is 0.625. The van der Waals surface area contributed by atoms with Gasteiger partial charge in [-0.25, -0.2) is 0 Å². The van der Waals surface area contributed by atoms with E-state index in [4.69, 9.17) is 4.99 Å². The summed E-state index contributed by atoms with van der Waals surface area (Å²) in [4.78, 5) is 32.7. The molecule has 6 aliphatic rings. The monoisotopic (exact) mass is 423 g/mol. The highest BCUT2D eigenvalue weighted by molar-refractivity contribution is 8.15. The first-order chi connectivity index (χ1) is 14.6. The number of nitrogens with zero attached hydrogens (tertiary/aromatic N) is 2. The van der Waals surface area contributed by atoms with Crippen molar-refractivity contribution in [1.29, 1.82) is 0 Å². The number of amidine groups is 1. The van der Waals surface area contributed by atoms with Crippen LogP contribution in [0.5, 0.6) is 0 Å². The van der Waals surface area contributed by atoms with Crippen LogP contribution in [0, 0.1) is 17.8 Å². The van der Waals surface area contributed by atoms with Crippen LogP contribution in [0.1, 0.15) is 56.9 Å². The van der Waals surface area contributed by atoms with Gasteiger partial charge in [0.25, 0.3) is 0 Å². The van der Waals surface area contributed by atoms with Gasteiger partial charge in [0.2, 0.25) is 11.8 Å². The molecule has 4 bridgehead atoms. The summed E-state index contributed by atoms with van der Waals surface area (Å²) < 4.78 is 0. The molecule has 2 heterocycles. The molecule has 4 aliphatic carbocycles. The van der Waals surface area contributed by atoms with Crippen LogP contribution in [0.15, 0.2) is 29.3 Å². The van der Waals surface area contributed by atoms with Gasteiger partial charge in [-0.2, -0.15) is 0 Å². The number of hydrogen-bond acceptors (Lipinski definition) is 4. The van der Waals surface area contributed by atoms with E-state index < -0.39 is 0 Å². The third kappa shape index (κ3) is 3.28. The first-order valence-corrected chi connectivity index (χ1v) is 12.4. The maximum atomic E-state index is 13.1. The lowest BCUT2D eigenvalue weighted by Gasteiger charge is -2.55. The van der Waals surface area contributed by atoms with Crippen molar-refractivity contribution in [3.63, 3.8) is 0 Å². The molecular formula is C24H29N3O2S. The van der Waals surface area contributed by atoms with E-state index in [2.05, 4.69) is 11.4 Å². The minimum absolute atomic E-state index is 0.0471. The number of aliphatic imine (C=N–C) groups is 1. The Bertz CT molecular complexity index is 891. The second kappa shape index (κ2) is 7.11. The van der Waals surface area contributed by atoms with Gasteiger partial charge in [0.1, 0.15) is 5.25 Å². The third-order valence-corrected chi connectivity index (χ3v) is 8.97. The first-order valence-electron chi connectivity index (χ1n) is 11.5. The predicted octanol–water partition coefficient (Wildman–Crippen LogP) is 3.91. The molecule has 7 rings (SSSR count). The molecule has 5 nitrogen and oxygen atoms in total. The number of anilines is 1. The fourth-order valence-corrected chi connectivity index (χ4v) is 8.14. The minimum atomic E-state index is -0.362. The molecule has 0 radical (unpaired) electrons. The lowest BCUT2D eigenvalue weighted by molar-refractivity contribution is -0.123. The van der Waals surface area contributed by atoms with Crippen LogP contribution < -0.4 is 10.2 Å². The van der Waals surface area contributed by atoms with Crippen molar-refractivity contribution in [2.45, 2.75) is 68.6 Å². The number of carbonyl (C=O) groups excluding carboxylic acids is 2. The number of fused-ring (bicyclic) bond motifs is 1. The number of nitrogens with one attached hydrogen (secondary N) is 1. The van der Waals surface area contributed by atoms with Crippen molar-refractivity contribution in [2.75, 3.05) is 11.4 Å². The van der Waals surface area contributed by atoms with E-state index in [1.54, 1.807) is 0 Å². The van der Waals surface area contributed by atoms with Crippen molar-refractivity contribution >= 4 is 34.4 Å². The van der Waals surface area contributed by atoms with E-state index in [0.29, 0.717) is 0 Å². The Balaban J connectivity index is 1.16. The summed E-state index contributed by atoms with van der Waals surface area (Å²) >= 11 is 1.48. The number of amides is 2. The highest BCUT2D eigenvalue weighted by Crippen LogP contribution is 2.57. The molecule has 6 heteroatoms. The Kier molecular flexibility index (Phi) is 4.48. The molecule has 1 atom stereocenters. The standard InChI is InChI=1S/C24H29N3O2S/c28-21(27-7-3-5-18-4-1-2-6-19(18)27)11-20-22(29)25-23(30-20)26-24-12-15-8-16(13-24)10-17(9-15)14-24/h1-2,4,6,15-17,20H,3,5,7-14H2,(H,25,26,29). The number of thioether (sulfide) groups is 1. The van der Waals surface area contributed by atoms with Crippen molar-refractivity contribution in [3.8, 4) is 0 Å². The van der Waals surface area contributed by atoms with Gasteiger partial charge in [-0.3, -0.25) is 14.6 Å². The molecular weight excluding hydrogens is 394 g/mol.